The molecule has 4 saturated carbocycles. The maximum absolute atomic E-state index is 14.7. The van der Waals surface area contributed by atoms with E-state index >= 15 is 0 Å². The molecule has 87 heavy (non-hydrogen) atoms. The van der Waals surface area contributed by atoms with Gasteiger partial charge in [0.05, 0.1) is 50.7 Å². The van der Waals surface area contributed by atoms with Crippen LogP contribution in [0.5, 0.6) is 0 Å². The summed E-state index contributed by atoms with van der Waals surface area (Å²) in [7, 11) is 0. The van der Waals surface area contributed by atoms with Crippen molar-refractivity contribution in [1.29, 1.82) is 0 Å². The third-order valence-electron chi connectivity index (χ3n) is 22.9. The number of hydrogen-bond acceptors (Lipinski definition) is 26. The number of ketones is 1. The fraction of sp³-hybridized carbons (Fsp3) is 0.883. The van der Waals surface area contributed by atoms with Crippen LogP contribution in [0.25, 0.3) is 0 Å². The zero-order valence-electron chi connectivity index (χ0n) is 50.9. The first-order valence-corrected chi connectivity index (χ1v) is 30.4. The summed E-state index contributed by atoms with van der Waals surface area (Å²) in [4.78, 5) is 40.7. The molecule has 0 unspecified atom stereocenters. The molecule has 0 amide bonds. The van der Waals surface area contributed by atoms with Gasteiger partial charge in [0, 0.05) is 23.2 Å². The minimum atomic E-state index is -2.27. The minimum absolute atomic E-state index is 0.186. The Morgan fingerprint density at radius 2 is 1.22 bits per heavy atom. The predicted octanol–water partition coefficient (Wildman–Crippen LogP) is -2.59. The Bertz CT molecular complexity index is 2560. The van der Waals surface area contributed by atoms with Gasteiger partial charge in [0.15, 0.2) is 37.0 Å². The molecule has 5 aliphatic carbocycles. The second kappa shape index (κ2) is 24.9. The average Bonchev–Trinajstić information content (AvgIpc) is 0.664. The first-order chi connectivity index (χ1) is 40.6. The normalized spacial score (nSPS) is 51.4. The Morgan fingerprint density at radius 1 is 0.644 bits per heavy atom. The van der Waals surface area contributed by atoms with Crippen LogP contribution in [-0.2, 0) is 57.0 Å². The Balaban J connectivity index is 1.06. The fourth-order valence-corrected chi connectivity index (χ4v) is 17.8. The molecule has 0 aromatic carbocycles. The van der Waals surface area contributed by atoms with E-state index in [9.17, 15) is 91.0 Å². The van der Waals surface area contributed by atoms with Gasteiger partial charge in [0.1, 0.15) is 91.6 Å². The van der Waals surface area contributed by atoms with Crippen molar-refractivity contribution >= 4 is 17.7 Å². The zero-order chi connectivity index (χ0) is 64.3. The van der Waals surface area contributed by atoms with Gasteiger partial charge in [0.25, 0.3) is 0 Å². The lowest BCUT2D eigenvalue weighted by molar-refractivity contribution is -0.401. The molecule has 0 aromatic rings. The molecule has 0 aromatic heterocycles. The first-order valence-electron chi connectivity index (χ1n) is 30.4. The SMILES string of the molecule is CC=C(C)C(=O)[C@H]1[C@H](OC(C)=O)C(C)(C)C[C@H]2C3=CC[C@H]4[C@@]5(C)CC[C@H](O[C@@H]6O[C@H](C(=O)O)[C@@H](O)[C@H](O[C@@H]7OC[C@@H](O)[C@H](O)[C@H]7O[C@@H]7O[C@H](CO)[C@@H](O)[C@H](O)[C@H]7O)[C@H]6O[C@@H]6O[C@H](CO)[C@H](O)[C@H](O)[C@H]6O)C(C)(C)[C@H]5CC[C@@]4(C)[C@]3(C)[C@@H](O)[C@@H](O)[C@]21CO. The Morgan fingerprint density at radius 3 is 1.76 bits per heavy atom. The van der Waals surface area contributed by atoms with Crippen LogP contribution in [0, 0.1) is 56.2 Å². The molecule has 4 saturated heterocycles. The van der Waals surface area contributed by atoms with Crippen molar-refractivity contribution in [2.24, 2.45) is 56.2 Å². The molecule has 0 bridgehead atoms. The molecule has 8 fully saturated rings. The topological polar surface area (TPSA) is 438 Å². The number of aliphatic hydroxyl groups is 14. The van der Waals surface area contributed by atoms with Gasteiger partial charge in [-0.15, -0.1) is 0 Å². The monoisotopic (exact) mass is 1250 g/mol. The van der Waals surface area contributed by atoms with Crippen LogP contribution in [0.15, 0.2) is 23.3 Å². The molecule has 27 nitrogen and oxygen atoms in total. The minimum Gasteiger partial charge on any atom is -0.479 e. The highest BCUT2D eigenvalue weighted by Gasteiger charge is 2.76. The summed E-state index contributed by atoms with van der Waals surface area (Å²) < 4.78 is 54.7. The molecule has 27 heteroatoms. The number of fused-ring (bicyclic) bond motifs is 7. The predicted molar refractivity (Wildman–Crippen MR) is 294 cm³/mol. The second-order valence-corrected chi connectivity index (χ2v) is 28.1. The summed E-state index contributed by atoms with van der Waals surface area (Å²) in [5.74, 6) is -5.04. The number of carboxylic acids is 1. The number of esters is 1. The van der Waals surface area contributed by atoms with Gasteiger partial charge in [-0.25, -0.2) is 4.79 Å². The van der Waals surface area contributed by atoms with Crippen molar-refractivity contribution in [3.05, 3.63) is 23.3 Å². The van der Waals surface area contributed by atoms with Gasteiger partial charge in [0.2, 0.25) is 0 Å². The highest BCUT2D eigenvalue weighted by molar-refractivity contribution is 5.98. The van der Waals surface area contributed by atoms with Gasteiger partial charge in [-0.3, -0.25) is 9.59 Å². The maximum Gasteiger partial charge on any atom is 0.335 e. The third-order valence-corrected chi connectivity index (χ3v) is 22.9. The number of carbonyl (C=O) groups is 3. The summed E-state index contributed by atoms with van der Waals surface area (Å²) >= 11 is 0. The summed E-state index contributed by atoms with van der Waals surface area (Å²) in [6.07, 6.45) is -35.6. The number of hydrogen-bond donors (Lipinski definition) is 15. The average molecular weight is 1250 g/mol. The van der Waals surface area contributed by atoms with Crippen molar-refractivity contribution in [3.8, 4) is 0 Å². The van der Waals surface area contributed by atoms with Crippen molar-refractivity contribution in [1.82, 2.24) is 0 Å². The highest BCUT2D eigenvalue weighted by atomic mass is 16.8. The van der Waals surface area contributed by atoms with E-state index in [4.69, 9.17) is 42.6 Å². The van der Waals surface area contributed by atoms with Crippen LogP contribution in [0.1, 0.15) is 108 Å². The quantitative estimate of drug-likeness (QED) is 0.0346. The largest absolute Gasteiger partial charge is 0.479 e. The summed E-state index contributed by atoms with van der Waals surface area (Å²) in [5, 5.41) is 168. The van der Waals surface area contributed by atoms with Crippen LogP contribution in [0.4, 0.5) is 0 Å². The molecule has 0 spiro atoms. The van der Waals surface area contributed by atoms with E-state index < -0.39 is 230 Å². The summed E-state index contributed by atoms with van der Waals surface area (Å²) in [6, 6.07) is 0. The van der Waals surface area contributed by atoms with E-state index in [1.807, 2.05) is 34.6 Å². The Kier molecular flexibility index (Phi) is 19.6. The number of aliphatic carboxylic acids is 1. The Labute approximate surface area is 504 Å². The van der Waals surface area contributed by atoms with E-state index in [0.717, 1.165) is 5.57 Å². The molecule has 9 rings (SSSR count). The smallest absolute Gasteiger partial charge is 0.335 e. The van der Waals surface area contributed by atoms with E-state index in [0.29, 0.717) is 37.7 Å². The number of Topliss-reactive ketones (excluding diaryl/α,β-unsaturated/α-hetero) is 1. The summed E-state index contributed by atoms with van der Waals surface area (Å²) in [5.41, 5.74) is -4.66. The number of rotatable bonds is 15. The molecule has 496 valence electrons. The van der Waals surface area contributed by atoms with E-state index in [1.165, 1.54) is 6.92 Å². The molecule has 4 heterocycles. The van der Waals surface area contributed by atoms with Gasteiger partial charge in [-0.2, -0.15) is 0 Å². The van der Waals surface area contributed by atoms with E-state index in [2.05, 4.69) is 19.9 Å². The van der Waals surface area contributed by atoms with Crippen molar-refractivity contribution in [2.45, 2.75) is 249 Å². The zero-order valence-corrected chi connectivity index (χ0v) is 50.9. The van der Waals surface area contributed by atoms with Gasteiger partial charge in [-0.05, 0) is 91.9 Å². The standard InChI is InChI=1S/C60H94O27/c1-11-23(2)34(66)33-49(80-24(3)64)55(4,5)18-26-25-12-13-31-57(8)16-15-32(56(6,7)30(57)14-17-58(31,9)59(25,10)47(75)48(76)60(26,33)22-63)83-54-46(87-52-41(73)39(71)37(69)29(20-62)82-52)43(42(74)44(85-54)50(77)78)84-53-45(35(67)27(65)21-79-53)86-51-40(72)38(70)36(68)28(19-61)81-51/h11-12,26-33,35-49,51-54,61-63,65,67-76H,13-22H2,1-10H3,(H,77,78)/t26-,27+,28+,29+,30+,31-,32-,33-,35-,36+,37-,38-,39-,40+,41+,42-,43-,44-,45+,46+,47-,48+,49-,51-,52-,53-,54+,57-,58+,59-,60+/m0/s1. The maximum atomic E-state index is 14.7. The number of allylic oxidation sites excluding steroid dienone is 3. The Hall–Kier alpha value is -2.79. The van der Waals surface area contributed by atoms with Crippen LogP contribution in [0.2, 0.25) is 0 Å². The number of ether oxygens (including phenoxy) is 9. The van der Waals surface area contributed by atoms with Crippen LogP contribution in [0.3, 0.4) is 0 Å². The van der Waals surface area contributed by atoms with Crippen LogP contribution >= 0.6 is 0 Å². The van der Waals surface area contributed by atoms with Crippen molar-refractivity contribution in [2.75, 3.05) is 26.4 Å². The van der Waals surface area contributed by atoms with E-state index in [-0.39, 0.29) is 18.3 Å². The first kappa shape index (κ1) is 68.6. The van der Waals surface area contributed by atoms with Gasteiger partial charge < -0.3 is 119 Å². The lowest BCUT2D eigenvalue weighted by Gasteiger charge is -2.73. The van der Waals surface area contributed by atoms with Crippen LogP contribution < -0.4 is 0 Å². The summed E-state index contributed by atoms with van der Waals surface area (Å²) in [6.45, 7) is 15.5. The second-order valence-electron chi connectivity index (χ2n) is 28.1. The molecule has 4 aliphatic heterocycles. The molecular formula is C60H94O27. The third kappa shape index (κ3) is 10.9. The molecular weight excluding hydrogens is 1150 g/mol. The van der Waals surface area contributed by atoms with Crippen molar-refractivity contribution in [3.63, 3.8) is 0 Å². The van der Waals surface area contributed by atoms with Gasteiger partial charge >= 0.3 is 11.9 Å². The van der Waals surface area contributed by atoms with Crippen LogP contribution in [-0.4, -0.2) is 262 Å². The fourth-order valence-electron chi connectivity index (χ4n) is 17.8. The van der Waals surface area contributed by atoms with Gasteiger partial charge in [-0.1, -0.05) is 66.2 Å². The number of aliphatic hydroxyl groups excluding tert-OH is 14. The van der Waals surface area contributed by atoms with Crippen molar-refractivity contribution < 1.29 is 134 Å². The lowest BCUT2D eigenvalue weighted by atomic mass is 9.32. The lowest BCUT2D eigenvalue weighted by Crippen LogP contribution is -2.75. The molecule has 9 aliphatic rings. The highest BCUT2D eigenvalue weighted by Crippen LogP contribution is 2.76. The molecule has 15 N–H and O–H groups in total. The number of carbonyl (C=O) groups excluding carboxylic acids is 2. The molecule has 0 radical (unpaired) electrons. The number of carboxylic acid groups (broad SMARTS) is 1. The molecule has 31 atom stereocenters. The van der Waals surface area contributed by atoms with E-state index in [1.54, 1.807) is 19.9 Å².